The molecule has 8 heteroatoms. The Labute approximate surface area is 153 Å². The maximum absolute atomic E-state index is 12.0. The first-order valence-electron chi connectivity index (χ1n) is 7.59. The summed E-state index contributed by atoms with van der Waals surface area (Å²) in [6.45, 7) is -0.208. The van der Waals surface area contributed by atoms with Crippen LogP contribution in [0.2, 0.25) is 5.02 Å². The first-order valence-corrected chi connectivity index (χ1v) is 7.97. The molecule has 7 nitrogen and oxygen atoms in total. The van der Waals surface area contributed by atoms with Crippen LogP contribution in [0, 0.1) is 0 Å². The molecule has 0 saturated carbocycles. The van der Waals surface area contributed by atoms with Crippen molar-refractivity contribution in [3.05, 3.63) is 71.8 Å². The van der Waals surface area contributed by atoms with Crippen molar-refractivity contribution in [3.8, 4) is 5.75 Å². The molecule has 0 radical (unpaired) electrons. The molecule has 0 aliphatic rings. The van der Waals surface area contributed by atoms with Crippen molar-refractivity contribution in [2.45, 2.75) is 0 Å². The van der Waals surface area contributed by atoms with E-state index in [4.69, 9.17) is 20.8 Å². The zero-order chi connectivity index (χ0) is 18.4. The monoisotopic (exact) mass is 371 g/mol. The Hall–Kier alpha value is -3.32. The normalized spacial score (nSPS) is 10.2. The lowest BCUT2D eigenvalue weighted by Crippen LogP contribution is -2.20. The zero-order valence-corrected chi connectivity index (χ0v) is 14.2. The maximum atomic E-state index is 12.0. The molecule has 2 heterocycles. The molecule has 0 atom stereocenters. The lowest BCUT2D eigenvalue weighted by molar-refractivity contribution is -0.118. The van der Waals surface area contributed by atoms with Gasteiger partial charge in [-0.3, -0.25) is 9.59 Å². The summed E-state index contributed by atoms with van der Waals surface area (Å²) >= 11 is 5.74. The lowest BCUT2D eigenvalue weighted by atomic mass is 10.3. The van der Waals surface area contributed by atoms with Crippen LogP contribution in [-0.2, 0) is 4.79 Å². The molecule has 2 aromatic heterocycles. The molecule has 2 amide bonds. The summed E-state index contributed by atoms with van der Waals surface area (Å²) in [4.78, 5) is 27.8. The smallest absolute Gasteiger partial charge is 0.291 e. The third kappa shape index (κ3) is 4.84. The quantitative estimate of drug-likeness (QED) is 0.690. The number of aromatic nitrogens is 1. The van der Waals surface area contributed by atoms with Gasteiger partial charge in [0.25, 0.3) is 11.8 Å². The summed E-state index contributed by atoms with van der Waals surface area (Å²) in [5.74, 6) is 0.263. The molecule has 0 fully saturated rings. The maximum Gasteiger partial charge on any atom is 0.291 e. The van der Waals surface area contributed by atoms with Crippen LogP contribution >= 0.6 is 11.6 Å². The number of nitrogens with one attached hydrogen (secondary N) is 2. The van der Waals surface area contributed by atoms with Crippen LogP contribution in [0.1, 0.15) is 10.6 Å². The van der Waals surface area contributed by atoms with Gasteiger partial charge in [0.15, 0.2) is 12.4 Å². The number of hydrogen-bond acceptors (Lipinski definition) is 5. The Morgan fingerprint density at radius 3 is 2.73 bits per heavy atom. The third-order valence-electron chi connectivity index (χ3n) is 3.20. The van der Waals surface area contributed by atoms with E-state index in [1.54, 1.807) is 48.5 Å². The van der Waals surface area contributed by atoms with Gasteiger partial charge in [-0.15, -0.1) is 0 Å². The predicted molar refractivity (Wildman–Crippen MR) is 96.5 cm³/mol. The Morgan fingerprint density at radius 2 is 2.00 bits per heavy atom. The number of furan rings is 1. The zero-order valence-electron chi connectivity index (χ0n) is 13.4. The number of amides is 2. The van der Waals surface area contributed by atoms with E-state index >= 15 is 0 Å². The van der Waals surface area contributed by atoms with Crippen molar-refractivity contribution in [3.63, 3.8) is 0 Å². The molecule has 1 aromatic carbocycles. The first kappa shape index (κ1) is 17.5. The fourth-order valence-electron chi connectivity index (χ4n) is 2.04. The topological polar surface area (TPSA) is 93.5 Å². The number of carbonyl (C=O) groups is 2. The number of ether oxygens (including phenoxy) is 1. The van der Waals surface area contributed by atoms with E-state index in [1.165, 1.54) is 12.5 Å². The van der Waals surface area contributed by atoms with Crippen molar-refractivity contribution in [2.75, 3.05) is 17.2 Å². The van der Waals surface area contributed by atoms with Crippen molar-refractivity contribution in [1.29, 1.82) is 0 Å². The fraction of sp³-hybridized carbons (Fsp3) is 0.0556. The molecular formula is C18H14ClN3O4. The molecule has 132 valence electrons. The molecule has 0 saturated heterocycles. The minimum absolute atomic E-state index is 0.200. The summed E-state index contributed by atoms with van der Waals surface area (Å²) in [6, 6.07) is 13.1. The Morgan fingerprint density at radius 1 is 1.12 bits per heavy atom. The number of rotatable bonds is 6. The highest BCUT2D eigenvalue weighted by Gasteiger charge is 2.10. The van der Waals surface area contributed by atoms with E-state index in [0.717, 1.165) is 0 Å². The highest BCUT2D eigenvalue weighted by Crippen LogP contribution is 2.18. The van der Waals surface area contributed by atoms with Gasteiger partial charge in [0, 0.05) is 18.0 Å². The largest absolute Gasteiger partial charge is 0.484 e. The van der Waals surface area contributed by atoms with Gasteiger partial charge in [-0.2, -0.15) is 0 Å². The van der Waals surface area contributed by atoms with E-state index in [9.17, 15) is 9.59 Å². The highest BCUT2D eigenvalue weighted by molar-refractivity contribution is 6.30. The number of benzene rings is 1. The second kappa shape index (κ2) is 8.17. The van der Waals surface area contributed by atoms with Gasteiger partial charge in [-0.1, -0.05) is 17.7 Å². The summed E-state index contributed by atoms with van der Waals surface area (Å²) in [7, 11) is 0. The molecule has 0 aliphatic carbocycles. The summed E-state index contributed by atoms with van der Waals surface area (Å²) in [5.41, 5.74) is 0.517. The summed E-state index contributed by atoms with van der Waals surface area (Å²) in [5, 5.41) is 5.75. The summed E-state index contributed by atoms with van der Waals surface area (Å²) < 4.78 is 10.5. The van der Waals surface area contributed by atoms with Crippen LogP contribution in [0.25, 0.3) is 0 Å². The first-order chi connectivity index (χ1) is 12.6. The van der Waals surface area contributed by atoms with Crippen molar-refractivity contribution in [1.82, 2.24) is 4.98 Å². The molecule has 0 unspecified atom stereocenters. The second-order valence-corrected chi connectivity index (χ2v) is 5.59. The van der Waals surface area contributed by atoms with Gasteiger partial charge in [0.2, 0.25) is 0 Å². The Balaban J connectivity index is 1.54. The number of carbonyl (C=O) groups excluding carboxylic acids is 2. The number of halogens is 1. The van der Waals surface area contributed by atoms with Gasteiger partial charge in [0.05, 0.1) is 11.3 Å². The van der Waals surface area contributed by atoms with Crippen LogP contribution in [-0.4, -0.2) is 23.4 Å². The van der Waals surface area contributed by atoms with E-state index in [2.05, 4.69) is 15.6 Å². The average Bonchev–Trinajstić information content (AvgIpc) is 3.17. The van der Waals surface area contributed by atoms with Crippen LogP contribution in [0.5, 0.6) is 5.75 Å². The van der Waals surface area contributed by atoms with E-state index in [0.29, 0.717) is 22.3 Å². The highest BCUT2D eigenvalue weighted by atomic mass is 35.5. The average molecular weight is 372 g/mol. The molecule has 0 bridgehead atoms. The van der Waals surface area contributed by atoms with Crippen molar-refractivity contribution < 1.29 is 18.7 Å². The number of pyridine rings is 1. The number of hydrogen-bond donors (Lipinski definition) is 2. The summed E-state index contributed by atoms with van der Waals surface area (Å²) in [6.07, 6.45) is 2.85. The molecule has 0 spiro atoms. The number of anilines is 2. The SMILES string of the molecule is O=C(COc1cccc(NC(=O)c2ccco2)c1)Nc1ccc(Cl)cn1. The predicted octanol–water partition coefficient (Wildman–Crippen LogP) is 3.60. The van der Waals surface area contributed by atoms with Crippen LogP contribution in [0.4, 0.5) is 11.5 Å². The van der Waals surface area contributed by atoms with Gasteiger partial charge < -0.3 is 19.8 Å². The number of nitrogens with zero attached hydrogens (tertiary/aromatic N) is 1. The lowest BCUT2D eigenvalue weighted by Gasteiger charge is -2.09. The molecule has 3 rings (SSSR count). The van der Waals surface area contributed by atoms with Gasteiger partial charge in [0.1, 0.15) is 11.6 Å². The van der Waals surface area contributed by atoms with E-state index in [-0.39, 0.29) is 24.2 Å². The standard InChI is InChI=1S/C18H14ClN3O4/c19-12-6-7-16(20-10-12)22-17(23)11-26-14-4-1-3-13(9-14)21-18(24)15-5-2-8-25-15/h1-10H,11H2,(H,21,24)(H,20,22,23). The van der Waals surface area contributed by atoms with Crippen LogP contribution in [0.15, 0.2) is 65.4 Å². The van der Waals surface area contributed by atoms with E-state index < -0.39 is 0 Å². The van der Waals surface area contributed by atoms with Gasteiger partial charge in [-0.25, -0.2) is 4.98 Å². The van der Waals surface area contributed by atoms with Crippen LogP contribution < -0.4 is 15.4 Å². The Kier molecular flexibility index (Phi) is 5.50. The molecule has 3 aromatic rings. The third-order valence-corrected chi connectivity index (χ3v) is 3.43. The van der Waals surface area contributed by atoms with Crippen molar-refractivity contribution >= 4 is 34.9 Å². The molecular weight excluding hydrogens is 358 g/mol. The van der Waals surface area contributed by atoms with E-state index in [1.807, 2.05) is 0 Å². The minimum atomic E-state index is -0.376. The van der Waals surface area contributed by atoms with Crippen LogP contribution in [0.3, 0.4) is 0 Å². The fourth-order valence-corrected chi connectivity index (χ4v) is 2.15. The molecule has 26 heavy (non-hydrogen) atoms. The van der Waals surface area contributed by atoms with Gasteiger partial charge >= 0.3 is 0 Å². The molecule has 0 aliphatic heterocycles. The minimum Gasteiger partial charge on any atom is -0.484 e. The second-order valence-electron chi connectivity index (χ2n) is 5.16. The van der Waals surface area contributed by atoms with Crippen molar-refractivity contribution in [2.24, 2.45) is 0 Å². The Bertz CT molecular complexity index is 895. The molecule has 2 N–H and O–H groups in total. The van der Waals surface area contributed by atoms with Gasteiger partial charge in [-0.05, 0) is 36.4 Å².